The zero-order valence-electron chi connectivity index (χ0n) is 11.5. The van der Waals surface area contributed by atoms with Gasteiger partial charge in [0.15, 0.2) is 0 Å². The fraction of sp³-hybridized carbons (Fsp3) is 0.438. The van der Waals surface area contributed by atoms with Gasteiger partial charge in [0.2, 0.25) is 5.91 Å². The van der Waals surface area contributed by atoms with Crippen molar-refractivity contribution in [3.05, 3.63) is 36.0 Å². The van der Waals surface area contributed by atoms with Crippen LogP contribution in [0.25, 0.3) is 10.9 Å². The molecule has 19 heavy (non-hydrogen) atoms. The van der Waals surface area contributed by atoms with E-state index in [1.165, 1.54) is 16.6 Å². The molecule has 1 unspecified atom stereocenters. The van der Waals surface area contributed by atoms with Gasteiger partial charge in [-0.15, -0.1) is 0 Å². The Morgan fingerprint density at radius 1 is 1.37 bits per heavy atom. The summed E-state index contributed by atoms with van der Waals surface area (Å²) in [5, 5.41) is 1.26. The molecule has 1 aliphatic heterocycles. The summed E-state index contributed by atoms with van der Waals surface area (Å²) in [4.78, 5) is 17.5. The Balaban J connectivity index is 1.79. The molecule has 3 nitrogen and oxygen atoms in total. The lowest BCUT2D eigenvalue weighted by Gasteiger charge is -2.18. The smallest absolute Gasteiger partial charge is 0.225 e. The number of nitrogens with one attached hydrogen (secondary N) is 1. The van der Waals surface area contributed by atoms with Crippen molar-refractivity contribution in [2.75, 3.05) is 13.1 Å². The first-order chi connectivity index (χ1) is 9.15. The molecule has 1 saturated heterocycles. The lowest BCUT2D eigenvalue weighted by Crippen LogP contribution is -2.31. The van der Waals surface area contributed by atoms with Gasteiger partial charge >= 0.3 is 0 Å². The molecule has 0 aliphatic carbocycles. The molecule has 1 atom stereocenters. The van der Waals surface area contributed by atoms with Crippen LogP contribution in [0, 0.1) is 5.92 Å². The van der Waals surface area contributed by atoms with E-state index in [9.17, 15) is 4.79 Å². The maximum atomic E-state index is 12.0. The first-order valence-electron chi connectivity index (χ1n) is 7.01. The van der Waals surface area contributed by atoms with Gasteiger partial charge in [-0.3, -0.25) is 4.79 Å². The third-order valence-electron chi connectivity index (χ3n) is 3.98. The Morgan fingerprint density at radius 2 is 2.16 bits per heavy atom. The largest absolute Gasteiger partial charge is 0.358 e. The van der Waals surface area contributed by atoms with Crippen molar-refractivity contribution in [1.82, 2.24) is 9.88 Å². The molecule has 0 bridgehead atoms. The second-order valence-electron chi connectivity index (χ2n) is 5.74. The molecule has 1 fully saturated rings. The predicted molar refractivity (Wildman–Crippen MR) is 77.1 cm³/mol. The van der Waals surface area contributed by atoms with Crippen LogP contribution in [-0.2, 0) is 4.79 Å². The van der Waals surface area contributed by atoms with Crippen LogP contribution in [0.5, 0.6) is 0 Å². The highest BCUT2D eigenvalue weighted by atomic mass is 16.2. The molecule has 3 rings (SSSR count). The Hall–Kier alpha value is -1.77. The number of carbonyl (C=O) groups excluding carboxylic acids is 1. The minimum Gasteiger partial charge on any atom is -0.358 e. The standard InChI is InChI=1S/C16H20N2O/c1-11(2)16(19)18-8-7-13(10-18)15-9-12-5-3-4-6-14(12)17-15/h3-6,9,11,13,17H,7-8,10H2,1-2H3. The summed E-state index contributed by atoms with van der Waals surface area (Å²) in [6, 6.07) is 10.6. The van der Waals surface area contributed by atoms with Crippen molar-refractivity contribution in [2.24, 2.45) is 5.92 Å². The van der Waals surface area contributed by atoms with Gasteiger partial charge < -0.3 is 9.88 Å². The van der Waals surface area contributed by atoms with Gasteiger partial charge in [-0.1, -0.05) is 32.0 Å². The zero-order valence-corrected chi connectivity index (χ0v) is 11.5. The molecule has 2 aromatic rings. The maximum Gasteiger partial charge on any atom is 0.225 e. The zero-order chi connectivity index (χ0) is 13.4. The minimum atomic E-state index is 0.0986. The Labute approximate surface area is 113 Å². The summed E-state index contributed by atoms with van der Waals surface area (Å²) >= 11 is 0. The summed E-state index contributed by atoms with van der Waals surface area (Å²) in [5.74, 6) is 0.829. The molecule has 0 radical (unpaired) electrons. The van der Waals surface area contributed by atoms with E-state index in [1.807, 2.05) is 24.8 Å². The van der Waals surface area contributed by atoms with Crippen molar-refractivity contribution in [3.63, 3.8) is 0 Å². The van der Waals surface area contributed by atoms with E-state index in [0.29, 0.717) is 5.92 Å². The Kier molecular flexibility index (Phi) is 3.05. The fourth-order valence-corrected chi connectivity index (χ4v) is 2.90. The van der Waals surface area contributed by atoms with Crippen LogP contribution in [-0.4, -0.2) is 28.9 Å². The fourth-order valence-electron chi connectivity index (χ4n) is 2.90. The molecular formula is C16H20N2O. The normalized spacial score (nSPS) is 19.5. The van der Waals surface area contributed by atoms with Crippen molar-refractivity contribution in [2.45, 2.75) is 26.2 Å². The maximum absolute atomic E-state index is 12.0. The summed E-state index contributed by atoms with van der Waals surface area (Å²) in [6.45, 7) is 5.68. The van der Waals surface area contributed by atoms with E-state index in [-0.39, 0.29) is 11.8 Å². The number of fused-ring (bicyclic) bond motifs is 1. The monoisotopic (exact) mass is 256 g/mol. The summed E-state index contributed by atoms with van der Waals surface area (Å²) < 4.78 is 0. The number of benzene rings is 1. The predicted octanol–water partition coefficient (Wildman–Crippen LogP) is 3.14. The van der Waals surface area contributed by atoms with Crippen LogP contribution < -0.4 is 0 Å². The molecular weight excluding hydrogens is 236 g/mol. The molecule has 2 heterocycles. The SMILES string of the molecule is CC(C)C(=O)N1CCC(c2cc3ccccc3[nH]2)C1. The van der Waals surface area contributed by atoms with Gasteiger partial charge in [-0.2, -0.15) is 0 Å². The van der Waals surface area contributed by atoms with Gasteiger partial charge in [0.1, 0.15) is 0 Å². The molecule has 0 saturated carbocycles. The topological polar surface area (TPSA) is 36.1 Å². The second kappa shape index (κ2) is 4.72. The molecule has 1 aromatic carbocycles. The first kappa shape index (κ1) is 12.3. The number of likely N-dealkylation sites (tertiary alicyclic amines) is 1. The number of aromatic amines is 1. The van der Waals surface area contributed by atoms with Crippen molar-refractivity contribution >= 4 is 16.8 Å². The number of carbonyl (C=O) groups is 1. The van der Waals surface area contributed by atoms with Gasteiger partial charge in [0, 0.05) is 36.1 Å². The van der Waals surface area contributed by atoms with Crippen molar-refractivity contribution in [3.8, 4) is 0 Å². The minimum absolute atomic E-state index is 0.0986. The van der Waals surface area contributed by atoms with E-state index in [2.05, 4.69) is 29.2 Å². The molecule has 1 amide bonds. The van der Waals surface area contributed by atoms with Gasteiger partial charge in [0.25, 0.3) is 0 Å². The Bertz CT molecular complexity index is 567. The van der Waals surface area contributed by atoms with E-state index in [4.69, 9.17) is 0 Å². The number of rotatable bonds is 2. The highest BCUT2D eigenvalue weighted by molar-refractivity contribution is 5.81. The molecule has 3 heteroatoms. The first-order valence-corrected chi connectivity index (χ1v) is 7.01. The van der Waals surface area contributed by atoms with Gasteiger partial charge in [-0.05, 0) is 23.9 Å². The number of hydrogen-bond donors (Lipinski definition) is 1. The van der Waals surface area contributed by atoms with Crippen LogP contribution in [0.15, 0.2) is 30.3 Å². The third-order valence-corrected chi connectivity index (χ3v) is 3.98. The number of hydrogen-bond acceptors (Lipinski definition) is 1. The average molecular weight is 256 g/mol. The molecule has 100 valence electrons. The molecule has 0 spiro atoms. The van der Waals surface area contributed by atoms with Crippen LogP contribution in [0.2, 0.25) is 0 Å². The van der Waals surface area contributed by atoms with Crippen LogP contribution in [0.4, 0.5) is 0 Å². The van der Waals surface area contributed by atoms with Crippen LogP contribution in [0.3, 0.4) is 0 Å². The number of aromatic nitrogens is 1. The highest BCUT2D eigenvalue weighted by Gasteiger charge is 2.29. The lowest BCUT2D eigenvalue weighted by atomic mass is 10.1. The third kappa shape index (κ3) is 2.25. The van der Waals surface area contributed by atoms with E-state index in [1.54, 1.807) is 0 Å². The van der Waals surface area contributed by atoms with E-state index in [0.717, 1.165) is 19.5 Å². The Morgan fingerprint density at radius 3 is 2.89 bits per heavy atom. The van der Waals surface area contributed by atoms with E-state index < -0.39 is 0 Å². The molecule has 1 aromatic heterocycles. The van der Waals surface area contributed by atoms with Crippen molar-refractivity contribution in [1.29, 1.82) is 0 Å². The number of H-pyrrole nitrogens is 1. The van der Waals surface area contributed by atoms with Gasteiger partial charge in [-0.25, -0.2) is 0 Å². The van der Waals surface area contributed by atoms with E-state index >= 15 is 0 Å². The lowest BCUT2D eigenvalue weighted by molar-refractivity contribution is -0.133. The quantitative estimate of drug-likeness (QED) is 0.880. The molecule has 1 N–H and O–H groups in total. The average Bonchev–Trinajstić information content (AvgIpc) is 3.03. The second-order valence-corrected chi connectivity index (χ2v) is 5.74. The summed E-state index contributed by atoms with van der Waals surface area (Å²) in [5.41, 5.74) is 2.45. The number of nitrogens with zero attached hydrogens (tertiary/aromatic N) is 1. The summed E-state index contributed by atoms with van der Waals surface area (Å²) in [6.07, 6.45) is 1.06. The number of amides is 1. The van der Waals surface area contributed by atoms with Gasteiger partial charge in [0.05, 0.1) is 0 Å². The summed E-state index contributed by atoms with van der Waals surface area (Å²) in [7, 11) is 0. The number of para-hydroxylation sites is 1. The molecule has 1 aliphatic rings. The van der Waals surface area contributed by atoms with Crippen LogP contribution >= 0.6 is 0 Å². The van der Waals surface area contributed by atoms with Crippen molar-refractivity contribution < 1.29 is 4.79 Å². The highest BCUT2D eigenvalue weighted by Crippen LogP contribution is 2.29. The van der Waals surface area contributed by atoms with Crippen LogP contribution in [0.1, 0.15) is 31.9 Å².